The van der Waals surface area contributed by atoms with Gasteiger partial charge in [0.2, 0.25) is 11.8 Å². The number of carboxylic acid groups (broad SMARTS) is 2. The Morgan fingerprint density at radius 3 is 2.23 bits per heavy atom. The molecule has 0 aromatic heterocycles. The van der Waals surface area contributed by atoms with Crippen molar-refractivity contribution in [2.45, 2.75) is 64.2 Å². The largest absolute Gasteiger partial charge is 0.481 e. The highest BCUT2D eigenvalue weighted by molar-refractivity contribution is 7.82. The van der Waals surface area contributed by atoms with E-state index >= 15 is 0 Å². The number of thiocarbonyl (C=S) groups is 1. The first-order chi connectivity index (χ1) is 14.7. The summed E-state index contributed by atoms with van der Waals surface area (Å²) in [6, 6.07) is 0. The molecule has 1 saturated heterocycles. The Balaban J connectivity index is 1.71. The Kier molecular flexibility index (Phi) is 9.54. The van der Waals surface area contributed by atoms with E-state index in [0.29, 0.717) is 25.8 Å². The highest BCUT2D eigenvalue weighted by Gasteiger charge is 2.44. The fraction of sp³-hybridized carbons (Fsp3) is 0.714. The minimum absolute atomic E-state index is 0.0000719. The number of hydrogen-bond donors (Lipinski definition) is 3. The minimum atomic E-state index is -1.03. The number of carbonyl (C=O) groups excluding carboxylic acids is 3. The second-order valence-corrected chi connectivity index (χ2v) is 8.76. The number of rotatable bonds is 12. The van der Waals surface area contributed by atoms with Gasteiger partial charge in [0, 0.05) is 31.8 Å². The predicted molar refractivity (Wildman–Crippen MR) is 114 cm³/mol. The van der Waals surface area contributed by atoms with Crippen molar-refractivity contribution in [1.29, 1.82) is 0 Å². The van der Waals surface area contributed by atoms with Gasteiger partial charge in [-0.3, -0.25) is 28.9 Å². The van der Waals surface area contributed by atoms with Crippen LogP contribution in [0, 0.1) is 17.8 Å². The van der Waals surface area contributed by atoms with Crippen molar-refractivity contribution >= 4 is 46.7 Å². The second kappa shape index (κ2) is 11.9. The van der Waals surface area contributed by atoms with Crippen molar-refractivity contribution in [1.82, 2.24) is 10.2 Å². The highest BCUT2D eigenvalue weighted by Crippen LogP contribution is 2.32. The zero-order valence-corrected chi connectivity index (χ0v) is 18.3. The monoisotopic (exact) mass is 454 g/mol. The molecule has 1 aliphatic carbocycles. The first-order valence-electron chi connectivity index (χ1n) is 10.8. The van der Waals surface area contributed by atoms with Crippen LogP contribution in [-0.2, 0) is 24.0 Å². The summed E-state index contributed by atoms with van der Waals surface area (Å²) in [7, 11) is 0. The lowest BCUT2D eigenvalue weighted by atomic mass is 9.81. The Labute approximate surface area is 186 Å². The molecule has 1 atom stereocenters. The Bertz CT molecular complexity index is 731. The maximum Gasteiger partial charge on any atom is 0.303 e. The SMILES string of the molecule is O=C(O)CCCCCNC(=O)C1CCC(CN2C(=O)C(=S)C(CCC(=O)O)C2=O)CC1. The van der Waals surface area contributed by atoms with Crippen LogP contribution in [0.2, 0.25) is 0 Å². The van der Waals surface area contributed by atoms with Crippen molar-refractivity contribution < 1.29 is 34.2 Å². The first-order valence-corrected chi connectivity index (χ1v) is 11.2. The molecular formula is C21H30N2O7S. The van der Waals surface area contributed by atoms with Crippen LogP contribution in [0.3, 0.4) is 0 Å². The van der Waals surface area contributed by atoms with Crippen LogP contribution < -0.4 is 5.32 Å². The molecule has 0 radical (unpaired) electrons. The van der Waals surface area contributed by atoms with Gasteiger partial charge in [0.1, 0.15) is 0 Å². The first kappa shape index (κ1) is 24.9. The van der Waals surface area contributed by atoms with Gasteiger partial charge in [-0.05, 0) is 50.9 Å². The smallest absolute Gasteiger partial charge is 0.303 e. The average molecular weight is 455 g/mol. The van der Waals surface area contributed by atoms with E-state index < -0.39 is 29.7 Å². The molecule has 0 aromatic carbocycles. The fourth-order valence-electron chi connectivity index (χ4n) is 4.18. The molecule has 0 spiro atoms. The van der Waals surface area contributed by atoms with Crippen LogP contribution in [0.5, 0.6) is 0 Å². The number of aliphatic carboxylic acids is 2. The summed E-state index contributed by atoms with van der Waals surface area (Å²) in [4.78, 5) is 59.6. The molecule has 1 unspecified atom stereocenters. The summed E-state index contributed by atoms with van der Waals surface area (Å²) in [6.45, 7) is 0.795. The van der Waals surface area contributed by atoms with E-state index in [2.05, 4.69) is 5.32 Å². The standard InChI is InChI=1S/C21H30N2O7S/c24-16(25)4-2-1-3-11-22-19(28)14-7-5-13(6-8-14)12-23-20(29)15(9-10-17(26)27)18(31)21(23)30/h13-15H,1-12H2,(H,22,28)(H,24,25)(H,26,27). The number of imide groups is 1. The van der Waals surface area contributed by atoms with Gasteiger partial charge in [0.25, 0.3) is 5.91 Å². The van der Waals surface area contributed by atoms with Crippen molar-refractivity contribution in [3.05, 3.63) is 0 Å². The molecule has 2 rings (SSSR count). The molecule has 2 aliphatic rings. The lowest BCUT2D eigenvalue weighted by Crippen LogP contribution is -2.39. The third kappa shape index (κ3) is 7.37. The van der Waals surface area contributed by atoms with E-state index in [4.69, 9.17) is 22.4 Å². The van der Waals surface area contributed by atoms with Gasteiger partial charge in [0.05, 0.1) is 10.8 Å². The lowest BCUT2D eigenvalue weighted by Gasteiger charge is -2.30. The summed E-state index contributed by atoms with van der Waals surface area (Å²) in [5, 5.41) is 20.3. The van der Waals surface area contributed by atoms with Crippen LogP contribution in [0.1, 0.15) is 64.2 Å². The van der Waals surface area contributed by atoms with E-state index in [1.54, 1.807) is 0 Å². The summed E-state index contributed by atoms with van der Waals surface area (Å²) < 4.78 is 0. The maximum atomic E-state index is 12.5. The Morgan fingerprint density at radius 2 is 1.61 bits per heavy atom. The number of nitrogens with one attached hydrogen (secondary N) is 1. The third-order valence-corrected chi connectivity index (χ3v) is 6.47. The van der Waals surface area contributed by atoms with E-state index in [1.807, 2.05) is 0 Å². The number of unbranched alkanes of at least 4 members (excludes halogenated alkanes) is 2. The topological polar surface area (TPSA) is 141 Å². The molecular weight excluding hydrogens is 424 g/mol. The van der Waals surface area contributed by atoms with Gasteiger partial charge < -0.3 is 15.5 Å². The molecule has 1 aliphatic heterocycles. The number of nitrogens with zero attached hydrogens (tertiary/aromatic N) is 1. The van der Waals surface area contributed by atoms with Crippen LogP contribution in [0.4, 0.5) is 0 Å². The van der Waals surface area contributed by atoms with Gasteiger partial charge in [-0.25, -0.2) is 0 Å². The quantitative estimate of drug-likeness (QED) is 0.230. The third-order valence-electron chi connectivity index (χ3n) is 6.01. The molecule has 1 heterocycles. The number of carboxylic acids is 2. The second-order valence-electron chi connectivity index (χ2n) is 8.32. The molecule has 1 saturated carbocycles. The van der Waals surface area contributed by atoms with Gasteiger partial charge in [-0.1, -0.05) is 18.6 Å². The molecule has 2 fully saturated rings. The molecule has 3 N–H and O–H groups in total. The molecule has 9 nitrogen and oxygen atoms in total. The summed E-state index contributed by atoms with van der Waals surface area (Å²) in [6.07, 6.45) is 4.88. The van der Waals surface area contributed by atoms with Crippen molar-refractivity contribution in [3.8, 4) is 0 Å². The Morgan fingerprint density at radius 1 is 0.968 bits per heavy atom. The average Bonchev–Trinajstić information content (AvgIpc) is 2.92. The van der Waals surface area contributed by atoms with E-state index in [1.165, 1.54) is 0 Å². The van der Waals surface area contributed by atoms with Gasteiger partial charge in [-0.15, -0.1) is 0 Å². The highest BCUT2D eigenvalue weighted by atomic mass is 32.1. The lowest BCUT2D eigenvalue weighted by molar-refractivity contribution is -0.141. The molecule has 31 heavy (non-hydrogen) atoms. The molecule has 172 valence electrons. The summed E-state index contributed by atoms with van der Waals surface area (Å²) >= 11 is 5.08. The molecule has 10 heteroatoms. The number of carbonyl (C=O) groups is 5. The van der Waals surface area contributed by atoms with Crippen molar-refractivity contribution in [3.63, 3.8) is 0 Å². The molecule has 0 aromatic rings. The van der Waals surface area contributed by atoms with Crippen LogP contribution in [0.25, 0.3) is 0 Å². The van der Waals surface area contributed by atoms with Crippen LogP contribution in [0.15, 0.2) is 0 Å². The Hall–Kier alpha value is -2.36. The zero-order chi connectivity index (χ0) is 23.0. The molecule has 3 amide bonds. The zero-order valence-electron chi connectivity index (χ0n) is 17.5. The predicted octanol–water partition coefficient (Wildman–Crippen LogP) is 1.77. The minimum Gasteiger partial charge on any atom is -0.481 e. The number of hydrogen-bond acceptors (Lipinski definition) is 6. The summed E-state index contributed by atoms with van der Waals surface area (Å²) in [5.41, 5.74) is 0. The van der Waals surface area contributed by atoms with Crippen LogP contribution >= 0.6 is 12.2 Å². The summed E-state index contributed by atoms with van der Waals surface area (Å²) in [5.74, 6) is -3.54. The fourth-order valence-corrected chi connectivity index (χ4v) is 4.51. The number of amides is 3. The van der Waals surface area contributed by atoms with Gasteiger partial charge in [-0.2, -0.15) is 0 Å². The van der Waals surface area contributed by atoms with E-state index in [0.717, 1.165) is 30.6 Å². The van der Waals surface area contributed by atoms with Gasteiger partial charge in [0.15, 0.2) is 0 Å². The van der Waals surface area contributed by atoms with Crippen LogP contribution in [-0.4, -0.2) is 62.7 Å². The molecule has 0 bridgehead atoms. The van der Waals surface area contributed by atoms with E-state index in [9.17, 15) is 24.0 Å². The normalized spacial score (nSPS) is 23.8. The van der Waals surface area contributed by atoms with Gasteiger partial charge >= 0.3 is 11.9 Å². The van der Waals surface area contributed by atoms with Crippen molar-refractivity contribution in [2.24, 2.45) is 17.8 Å². The maximum absolute atomic E-state index is 12.5. The number of likely N-dealkylation sites (tertiary alicyclic amines) is 1. The van der Waals surface area contributed by atoms with E-state index in [-0.39, 0.29) is 48.4 Å². The van der Waals surface area contributed by atoms with Crippen molar-refractivity contribution in [2.75, 3.05) is 13.1 Å².